The molecular weight excluding hydrogens is 468 g/mol. The number of aryl methyl sites for hydroxylation is 1. The molecule has 2 aliphatic heterocycles. The quantitative estimate of drug-likeness (QED) is 0.536. The lowest BCUT2D eigenvalue weighted by Crippen LogP contribution is -2.55. The number of hydrogen-bond donors (Lipinski definition) is 1. The fourth-order valence-corrected chi connectivity index (χ4v) is 5.21. The molecule has 8 nitrogen and oxygen atoms in total. The van der Waals surface area contributed by atoms with E-state index in [-0.39, 0.29) is 24.2 Å². The van der Waals surface area contributed by atoms with E-state index < -0.39 is 17.6 Å². The van der Waals surface area contributed by atoms with Gasteiger partial charge < -0.3 is 19.7 Å². The Morgan fingerprint density at radius 3 is 2.70 bits per heavy atom. The number of nitrogens with zero attached hydrogens (tertiary/aromatic N) is 3. The zero-order valence-corrected chi connectivity index (χ0v) is 22.3. The molecule has 3 heterocycles. The van der Waals surface area contributed by atoms with Gasteiger partial charge in [-0.25, -0.2) is 14.8 Å². The first-order chi connectivity index (χ1) is 17.6. The van der Waals surface area contributed by atoms with E-state index in [1.165, 1.54) is 0 Å². The van der Waals surface area contributed by atoms with Crippen LogP contribution < -0.4 is 10.1 Å². The average Bonchev–Trinajstić information content (AvgIpc) is 3.45. The van der Waals surface area contributed by atoms with Crippen molar-refractivity contribution in [3.8, 4) is 17.7 Å². The zero-order valence-electron chi connectivity index (χ0n) is 22.3. The summed E-state index contributed by atoms with van der Waals surface area (Å²) in [6.07, 6.45) is 3.21. The van der Waals surface area contributed by atoms with Gasteiger partial charge in [-0.05, 0) is 68.1 Å². The molecule has 2 fully saturated rings. The topological polar surface area (TPSA) is 93.7 Å². The molecule has 1 saturated carbocycles. The van der Waals surface area contributed by atoms with Crippen LogP contribution in [0.3, 0.4) is 0 Å². The highest BCUT2D eigenvalue weighted by molar-refractivity contribution is 5.87. The second kappa shape index (κ2) is 9.85. The van der Waals surface area contributed by atoms with Crippen LogP contribution >= 0.6 is 0 Å². The Balaban J connectivity index is 1.47. The summed E-state index contributed by atoms with van der Waals surface area (Å²) in [4.78, 5) is 37.8. The van der Waals surface area contributed by atoms with E-state index >= 15 is 0 Å². The highest BCUT2D eigenvalue weighted by atomic mass is 16.6. The summed E-state index contributed by atoms with van der Waals surface area (Å²) in [6.45, 7) is 10.3. The lowest BCUT2D eigenvalue weighted by Gasteiger charge is -2.34. The van der Waals surface area contributed by atoms with Crippen molar-refractivity contribution in [3.63, 3.8) is 0 Å². The highest BCUT2D eigenvalue weighted by Crippen LogP contribution is 2.38. The van der Waals surface area contributed by atoms with Gasteiger partial charge in [-0.15, -0.1) is 0 Å². The molecule has 2 amide bonds. The van der Waals surface area contributed by atoms with Crippen molar-refractivity contribution in [2.24, 2.45) is 11.3 Å². The van der Waals surface area contributed by atoms with Crippen molar-refractivity contribution < 1.29 is 19.1 Å². The Morgan fingerprint density at radius 2 is 1.92 bits per heavy atom. The minimum Gasteiger partial charge on any atom is -0.470 e. The van der Waals surface area contributed by atoms with Crippen molar-refractivity contribution in [1.82, 2.24) is 20.2 Å². The third kappa shape index (κ3) is 5.66. The molecule has 2 aromatic rings. The number of alkyl carbamates (subject to hydrolysis) is 1. The Bertz CT molecular complexity index is 1270. The number of hydrogen-bond acceptors (Lipinski definition) is 6. The standard InChI is InChI=1S/C29H36N4O4/c1-17-11-12-21-23(13-17)31-26-22(30-21)10-8-6-7-9-19-15-24(19)37-28(35)32-25(29(3,4)5)27(34)33-16-20(36-26)14-18(33)2/h11-13,18-20,24-25H,6-7,9,14-16H2,1-5H3,(H,32,35)/t18-,19-,20-,24-,25-/m1/s1. The number of benzene rings is 1. The SMILES string of the molecule is Cc1ccc2nc3c(nc2c1)O[C@@H]1C[C@@H](C)N(C1)C(=O)[C@H](C(C)(C)C)NC(=O)O[C@@H]1C[C@H]1CCCC#C3. The minimum atomic E-state index is -0.706. The van der Waals surface area contributed by atoms with E-state index in [4.69, 9.17) is 19.4 Å². The molecule has 0 radical (unpaired) electrons. The molecule has 1 aromatic carbocycles. The lowest BCUT2D eigenvalue weighted by molar-refractivity contribution is -0.136. The number of amides is 2. The molecule has 1 N–H and O–H groups in total. The summed E-state index contributed by atoms with van der Waals surface area (Å²) < 4.78 is 12.0. The van der Waals surface area contributed by atoms with Crippen molar-refractivity contribution in [2.75, 3.05) is 6.54 Å². The first-order valence-corrected chi connectivity index (χ1v) is 13.3. The first kappa shape index (κ1) is 25.3. The van der Waals surface area contributed by atoms with Gasteiger partial charge >= 0.3 is 6.09 Å². The zero-order chi connectivity index (χ0) is 26.3. The first-order valence-electron chi connectivity index (χ1n) is 13.3. The molecule has 1 aliphatic carbocycles. The maximum Gasteiger partial charge on any atom is 0.408 e. The third-order valence-corrected chi connectivity index (χ3v) is 7.46. The lowest BCUT2D eigenvalue weighted by atomic mass is 9.85. The van der Waals surface area contributed by atoms with E-state index in [1.54, 1.807) is 4.90 Å². The number of nitrogens with one attached hydrogen (secondary N) is 1. The molecule has 196 valence electrons. The summed E-state index contributed by atoms with van der Waals surface area (Å²) in [6, 6.07) is 5.20. The number of fused-ring (bicyclic) bond motifs is 5. The summed E-state index contributed by atoms with van der Waals surface area (Å²) in [5.41, 5.74) is 2.68. The summed E-state index contributed by atoms with van der Waals surface area (Å²) >= 11 is 0. The van der Waals surface area contributed by atoms with Crippen LogP contribution in [0.15, 0.2) is 18.2 Å². The number of ether oxygens (including phenoxy) is 2. The minimum absolute atomic E-state index is 0.0553. The second-order valence-corrected chi connectivity index (χ2v) is 11.8. The van der Waals surface area contributed by atoms with Crippen LogP contribution in [0.2, 0.25) is 0 Å². The van der Waals surface area contributed by atoms with Gasteiger partial charge in [0.05, 0.1) is 17.6 Å². The highest BCUT2D eigenvalue weighted by Gasteiger charge is 2.44. The van der Waals surface area contributed by atoms with Crippen LogP contribution in [-0.2, 0) is 9.53 Å². The predicted molar refractivity (Wildman–Crippen MR) is 140 cm³/mol. The molecule has 5 atom stereocenters. The van der Waals surface area contributed by atoms with E-state index in [0.29, 0.717) is 30.5 Å². The van der Waals surface area contributed by atoms with Crippen LogP contribution in [-0.4, -0.2) is 57.7 Å². The molecule has 37 heavy (non-hydrogen) atoms. The van der Waals surface area contributed by atoms with Crippen LogP contribution in [0.4, 0.5) is 4.79 Å². The molecule has 5 rings (SSSR count). The number of carbonyl (C=O) groups is 2. The van der Waals surface area contributed by atoms with Gasteiger partial charge in [-0.2, -0.15) is 0 Å². The van der Waals surface area contributed by atoms with E-state index in [9.17, 15) is 9.59 Å². The summed E-state index contributed by atoms with van der Waals surface area (Å²) in [5.74, 6) is 7.05. The second-order valence-electron chi connectivity index (χ2n) is 11.8. The number of carbonyl (C=O) groups excluding carboxylic acids is 2. The van der Waals surface area contributed by atoms with Crippen LogP contribution in [0.5, 0.6) is 5.88 Å². The van der Waals surface area contributed by atoms with Crippen molar-refractivity contribution in [2.45, 2.75) is 91.0 Å². The smallest absolute Gasteiger partial charge is 0.408 e. The molecule has 8 heteroatoms. The van der Waals surface area contributed by atoms with Gasteiger partial charge in [0.25, 0.3) is 0 Å². The largest absolute Gasteiger partial charge is 0.470 e. The van der Waals surface area contributed by atoms with Gasteiger partial charge in [0.2, 0.25) is 11.8 Å². The average molecular weight is 505 g/mol. The number of aromatic nitrogens is 2. The third-order valence-electron chi connectivity index (χ3n) is 7.46. The Hall–Kier alpha value is -3.34. The van der Waals surface area contributed by atoms with E-state index in [0.717, 1.165) is 42.3 Å². The molecule has 1 aromatic heterocycles. The molecular formula is C29H36N4O4. The van der Waals surface area contributed by atoms with Gasteiger partial charge in [-0.3, -0.25) is 4.79 Å². The maximum atomic E-state index is 13.7. The normalized spacial score (nSPS) is 28.5. The molecule has 0 spiro atoms. The predicted octanol–water partition coefficient (Wildman–Crippen LogP) is 4.37. The maximum absolute atomic E-state index is 13.7. The van der Waals surface area contributed by atoms with Gasteiger partial charge in [0.1, 0.15) is 18.2 Å². The monoisotopic (exact) mass is 504 g/mol. The Labute approximate surface area is 218 Å². The van der Waals surface area contributed by atoms with Crippen LogP contribution in [0.1, 0.15) is 71.1 Å². The Kier molecular flexibility index (Phi) is 6.74. The summed E-state index contributed by atoms with van der Waals surface area (Å²) in [5, 5.41) is 2.87. The molecule has 0 unspecified atom stereocenters. The van der Waals surface area contributed by atoms with Crippen molar-refractivity contribution in [3.05, 3.63) is 29.5 Å². The van der Waals surface area contributed by atoms with Gasteiger partial charge in [-0.1, -0.05) is 32.8 Å². The molecule has 2 bridgehead atoms. The van der Waals surface area contributed by atoms with E-state index in [1.807, 2.05) is 52.8 Å². The van der Waals surface area contributed by atoms with Gasteiger partial charge in [0.15, 0.2) is 5.69 Å². The fourth-order valence-electron chi connectivity index (χ4n) is 5.21. The Morgan fingerprint density at radius 1 is 1.11 bits per heavy atom. The van der Waals surface area contributed by atoms with Crippen molar-refractivity contribution >= 4 is 23.0 Å². The fraction of sp³-hybridized carbons (Fsp3) is 0.586. The van der Waals surface area contributed by atoms with Crippen LogP contribution in [0, 0.1) is 30.1 Å². The van der Waals surface area contributed by atoms with Gasteiger partial charge in [0, 0.05) is 18.9 Å². The summed E-state index contributed by atoms with van der Waals surface area (Å²) in [7, 11) is 0. The van der Waals surface area contributed by atoms with Crippen molar-refractivity contribution in [1.29, 1.82) is 0 Å². The van der Waals surface area contributed by atoms with E-state index in [2.05, 4.69) is 17.2 Å². The molecule has 3 aliphatic rings. The van der Waals surface area contributed by atoms with Crippen LogP contribution in [0.25, 0.3) is 11.0 Å². The molecule has 1 saturated heterocycles. The number of rotatable bonds is 0.